The van der Waals surface area contributed by atoms with Gasteiger partial charge in [0.1, 0.15) is 6.04 Å². The van der Waals surface area contributed by atoms with E-state index in [0.717, 1.165) is 16.9 Å². The zero-order valence-electron chi connectivity index (χ0n) is 19.3. The number of anilines is 1. The second-order valence-electron chi connectivity index (χ2n) is 8.60. The maximum atomic E-state index is 12.6. The van der Waals surface area contributed by atoms with Gasteiger partial charge in [0.25, 0.3) is 0 Å². The third-order valence-corrected chi connectivity index (χ3v) is 7.45. The second kappa shape index (κ2) is 9.87. The van der Waals surface area contributed by atoms with Crippen molar-refractivity contribution in [2.45, 2.75) is 43.2 Å². The van der Waals surface area contributed by atoms with Crippen molar-refractivity contribution in [2.24, 2.45) is 0 Å². The van der Waals surface area contributed by atoms with Gasteiger partial charge in [0, 0.05) is 34.9 Å². The van der Waals surface area contributed by atoms with Crippen molar-refractivity contribution in [1.29, 1.82) is 0 Å². The summed E-state index contributed by atoms with van der Waals surface area (Å²) in [6.45, 7) is 4.63. The van der Waals surface area contributed by atoms with E-state index in [1.165, 1.54) is 37.3 Å². The van der Waals surface area contributed by atoms with Crippen molar-refractivity contribution in [1.82, 2.24) is 4.72 Å². The van der Waals surface area contributed by atoms with E-state index in [1.807, 2.05) is 50.1 Å². The molecule has 0 amide bonds. The summed E-state index contributed by atoms with van der Waals surface area (Å²) >= 11 is 5.78. The first-order valence-electron chi connectivity index (χ1n) is 10.6. The van der Waals surface area contributed by atoms with E-state index in [0.29, 0.717) is 5.02 Å². The molecule has 2 atom stereocenters. The highest BCUT2D eigenvalue weighted by molar-refractivity contribution is 7.89. The quantitative estimate of drug-likeness (QED) is 0.418. The molecule has 0 saturated heterocycles. The van der Waals surface area contributed by atoms with Crippen LogP contribution in [0, 0.1) is 0 Å². The van der Waals surface area contributed by atoms with Gasteiger partial charge in [0.2, 0.25) is 10.0 Å². The minimum absolute atomic E-state index is 0.137. The van der Waals surface area contributed by atoms with Crippen LogP contribution in [0.2, 0.25) is 5.02 Å². The number of aliphatic hydroxyl groups is 1. The van der Waals surface area contributed by atoms with Crippen LogP contribution in [-0.2, 0) is 29.8 Å². The number of esters is 1. The zero-order chi connectivity index (χ0) is 25.3. The number of hydrogen-bond acceptors (Lipinski definition) is 7. The molecule has 10 heteroatoms. The molecule has 0 saturated carbocycles. The van der Waals surface area contributed by atoms with Crippen molar-refractivity contribution in [2.75, 3.05) is 18.6 Å². The van der Waals surface area contributed by atoms with Crippen LogP contribution in [0.25, 0.3) is 0 Å². The normalized spacial score (nSPS) is 17.8. The fraction of sp³-hybridized carbons (Fsp3) is 0.333. The number of rotatable bonds is 8. The molecule has 0 fully saturated rings. The van der Waals surface area contributed by atoms with Crippen molar-refractivity contribution >= 4 is 39.1 Å². The van der Waals surface area contributed by atoms with Gasteiger partial charge in [-0.2, -0.15) is 4.72 Å². The number of aliphatic hydroxyl groups excluding tert-OH is 1. The molecule has 0 aromatic heterocycles. The van der Waals surface area contributed by atoms with Crippen molar-refractivity contribution in [3.05, 3.63) is 70.9 Å². The molecule has 0 aliphatic carbocycles. The van der Waals surface area contributed by atoms with Gasteiger partial charge in [-0.25, -0.2) is 8.42 Å². The topological polar surface area (TPSA) is 113 Å². The lowest BCUT2D eigenvalue weighted by Crippen LogP contribution is -2.48. The average molecular weight is 507 g/mol. The SMILES string of the molecule is CC(O)C(NS(=O)(=O)c1ccc(Cl)cc1)C(=O)OCC(=O)C=C1N(C)c2ccccc2C1(C)C. The monoisotopic (exact) mass is 506 g/mol. The summed E-state index contributed by atoms with van der Waals surface area (Å²) in [4.78, 5) is 26.9. The Morgan fingerprint density at radius 3 is 2.38 bits per heavy atom. The molecule has 2 aromatic carbocycles. The van der Waals surface area contributed by atoms with E-state index < -0.39 is 45.9 Å². The molecule has 182 valence electrons. The molecule has 2 N–H and O–H groups in total. The number of ketones is 1. The number of likely N-dealkylation sites (N-methyl/N-ethyl adjacent to an activating group) is 1. The molecule has 1 aliphatic rings. The van der Waals surface area contributed by atoms with Gasteiger partial charge < -0.3 is 14.7 Å². The summed E-state index contributed by atoms with van der Waals surface area (Å²) in [6, 6.07) is 11.5. The minimum Gasteiger partial charge on any atom is -0.456 e. The number of nitrogens with one attached hydrogen (secondary N) is 1. The lowest BCUT2D eigenvalue weighted by Gasteiger charge is -2.24. The molecule has 1 aliphatic heterocycles. The van der Waals surface area contributed by atoms with Crippen LogP contribution in [0.5, 0.6) is 0 Å². The molecular weight excluding hydrogens is 480 g/mol. The summed E-state index contributed by atoms with van der Waals surface area (Å²) in [6.07, 6.45) is 0.0140. The smallest absolute Gasteiger partial charge is 0.327 e. The Bertz CT molecular complexity index is 1220. The van der Waals surface area contributed by atoms with E-state index in [2.05, 4.69) is 4.72 Å². The Morgan fingerprint density at radius 1 is 1.18 bits per heavy atom. The second-order valence-corrected chi connectivity index (χ2v) is 10.7. The van der Waals surface area contributed by atoms with E-state index in [4.69, 9.17) is 16.3 Å². The molecule has 3 rings (SSSR count). The van der Waals surface area contributed by atoms with E-state index in [-0.39, 0.29) is 4.90 Å². The van der Waals surface area contributed by atoms with Crippen LogP contribution < -0.4 is 9.62 Å². The summed E-state index contributed by atoms with van der Waals surface area (Å²) < 4.78 is 32.4. The van der Waals surface area contributed by atoms with Crippen molar-refractivity contribution < 1.29 is 27.9 Å². The standard InChI is InChI=1S/C24H27ClN2O6S/c1-15(28)22(26-34(31,32)18-11-9-16(25)10-12-18)23(30)33-14-17(29)13-21-24(2,3)19-7-5-6-8-20(19)27(21)4/h5-13,15,22,26,28H,14H2,1-4H3. The van der Waals surface area contributed by atoms with E-state index >= 15 is 0 Å². The predicted octanol–water partition coefficient (Wildman–Crippen LogP) is 2.79. The number of nitrogens with zero attached hydrogens (tertiary/aromatic N) is 1. The summed E-state index contributed by atoms with van der Waals surface area (Å²) in [5.74, 6) is -1.54. The number of carbonyl (C=O) groups excluding carboxylic acids is 2. The van der Waals surface area contributed by atoms with Crippen LogP contribution in [0.3, 0.4) is 0 Å². The Morgan fingerprint density at radius 2 is 1.79 bits per heavy atom. The number of hydrogen-bond donors (Lipinski definition) is 2. The van der Waals surface area contributed by atoms with Crippen LogP contribution in [0.15, 0.2) is 65.2 Å². The highest BCUT2D eigenvalue weighted by Crippen LogP contribution is 2.46. The first kappa shape index (κ1) is 25.9. The number of fused-ring (bicyclic) bond motifs is 1. The number of para-hydroxylation sites is 1. The highest BCUT2D eigenvalue weighted by Gasteiger charge is 2.38. The molecule has 2 aromatic rings. The van der Waals surface area contributed by atoms with Gasteiger partial charge in [-0.05, 0) is 42.8 Å². The molecule has 8 nitrogen and oxygen atoms in total. The van der Waals surface area contributed by atoms with Crippen LogP contribution >= 0.6 is 11.6 Å². The van der Waals surface area contributed by atoms with Crippen LogP contribution in [-0.4, -0.2) is 51.1 Å². The summed E-state index contributed by atoms with van der Waals surface area (Å²) in [7, 11) is -2.29. The third kappa shape index (κ3) is 5.33. The number of sulfonamides is 1. The van der Waals surface area contributed by atoms with Gasteiger partial charge in [-0.1, -0.05) is 43.6 Å². The number of ether oxygens (including phenoxy) is 1. The van der Waals surface area contributed by atoms with Gasteiger partial charge in [0.05, 0.1) is 11.0 Å². The first-order chi connectivity index (χ1) is 15.8. The first-order valence-corrected chi connectivity index (χ1v) is 12.4. The Balaban J connectivity index is 1.70. The van der Waals surface area contributed by atoms with Crippen LogP contribution in [0.1, 0.15) is 26.3 Å². The fourth-order valence-electron chi connectivity index (χ4n) is 3.88. The molecule has 2 unspecified atom stereocenters. The maximum Gasteiger partial charge on any atom is 0.327 e. The largest absolute Gasteiger partial charge is 0.456 e. The zero-order valence-corrected chi connectivity index (χ0v) is 20.9. The molecule has 34 heavy (non-hydrogen) atoms. The average Bonchev–Trinajstić information content (AvgIpc) is 2.97. The Hall–Kier alpha value is -2.72. The lowest BCUT2D eigenvalue weighted by atomic mass is 9.83. The van der Waals surface area contributed by atoms with Gasteiger partial charge in [0.15, 0.2) is 12.4 Å². The maximum absolute atomic E-state index is 12.6. The van der Waals surface area contributed by atoms with Crippen molar-refractivity contribution in [3.8, 4) is 0 Å². The molecule has 0 radical (unpaired) electrons. The molecule has 0 bridgehead atoms. The van der Waals surface area contributed by atoms with Crippen molar-refractivity contribution in [3.63, 3.8) is 0 Å². The fourth-order valence-corrected chi connectivity index (χ4v) is 5.26. The highest BCUT2D eigenvalue weighted by atomic mass is 35.5. The third-order valence-electron chi connectivity index (χ3n) is 5.74. The predicted molar refractivity (Wildman–Crippen MR) is 129 cm³/mol. The number of halogens is 1. The van der Waals surface area contributed by atoms with E-state index in [1.54, 1.807) is 0 Å². The molecular formula is C24H27ClN2O6S. The number of allylic oxidation sites excluding steroid dienone is 1. The van der Waals surface area contributed by atoms with Gasteiger partial charge in [-0.3, -0.25) is 9.59 Å². The molecule has 1 heterocycles. The van der Waals surface area contributed by atoms with Gasteiger partial charge in [-0.15, -0.1) is 0 Å². The van der Waals surface area contributed by atoms with E-state index in [9.17, 15) is 23.1 Å². The Kier molecular flexibility index (Phi) is 7.52. The molecule has 0 spiro atoms. The lowest BCUT2D eigenvalue weighted by molar-refractivity contribution is -0.151. The number of carbonyl (C=O) groups is 2. The van der Waals surface area contributed by atoms with Gasteiger partial charge >= 0.3 is 5.97 Å². The number of benzene rings is 2. The summed E-state index contributed by atoms with van der Waals surface area (Å²) in [5, 5.41) is 10.3. The van der Waals surface area contributed by atoms with Crippen LogP contribution in [0.4, 0.5) is 5.69 Å². The minimum atomic E-state index is -4.15. The Labute approximate surface area is 204 Å². The summed E-state index contributed by atoms with van der Waals surface area (Å²) in [5.41, 5.74) is 2.36.